The van der Waals surface area contributed by atoms with Crippen LogP contribution in [0.15, 0.2) is 35.1 Å². The van der Waals surface area contributed by atoms with Crippen LogP contribution in [0.4, 0.5) is 5.69 Å². The zero-order valence-electron chi connectivity index (χ0n) is 15.4. The molecule has 1 unspecified atom stereocenters. The van der Waals surface area contributed by atoms with E-state index >= 15 is 0 Å². The van der Waals surface area contributed by atoms with Crippen LogP contribution in [0.3, 0.4) is 0 Å². The molecule has 0 N–H and O–H groups in total. The highest BCUT2D eigenvalue weighted by Crippen LogP contribution is 2.70. The monoisotopic (exact) mass is 377 g/mol. The molecule has 0 radical (unpaired) electrons. The molecule has 1 rings (SSSR count). The first-order valence-corrected chi connectivity index (χ1v) is 11.1. The zero-order chi connectivity index (χ0) is 18.2. The van der Waals surface area contributed by atoms with Crippen LogP contribution in [0.1, 0.15) is 20.8 Å². The Labute approximate surface area is 145 Å². The second kappa shape index (κ2) is 9.83. The Kier molecular flexibility index (Phi) is 8.82. The minimum absolute atomic E-state index is 0.270. The highest BCUT2D eigenvalue weighted by atomic mass is 31.3. The predicted octanol–water partition coefficient (Wildman–Crippen LogP) is 4.98. The molecule has 7 nitrogen and oxygen atoms in total. The van der Waals surface area contributed by atoms with Crippen molar-refractivity contribution in [2.24, 2.45) is 4.74 Å². The summed E-state index contributed by atoms with van der Waals surface area (Å²) in [5, 5.41) is 0. The van der Waals surface area contributed by atoms with E-state index in [9.17, 15) is 4.57 Å². The maximum absolute atomic E-state index is 13.3. The topological polar surface area (TPSA) is 63.6 Å². The molecule has 1 aromatic rings. The van der Waals surface area contributed by atoms with Gasteiger partial charge in [-0.15, -0.1) is 4.44 Å². The summed E-state index contributed by atoms with van der Waals surface area (Å²) in [6.07, 6.45) is 0. The van der Waals surface area contributed by atoms with Gasteiger partial charge in [0.05, 0.1) is 25.5 Å². The molecule has 0 saturated heterocycles. The van der Waals surface area contributed by atoms with Crippen LogP contribution >= 0.6 is 15.3 Å². The summed E-state index contributed by atoms with van der Waals surface area (Å²) in [7, 11) is -0.920. The first kappa shape index (κ1) is 21.5. The maximum atomic E-state index is 13.3. The van der Waals surface area contributed by atoms with Crippen molar-refractivity contribution in [2.45, 2.75) is 20.8 Å². The van der Waals surface area contributed by atoms with Crippen molar-refractivity contribution in [1.82, 2.24) is 9.11 Å². The Bertz CT molecular complexity index is 586. The molecular weight excluding hydrogens is 348 g/mol. The lowest BCUT2D eigenvalue weighted by Gasteiger charge is -2.39. The van der Waals surface area contributed by atoms with Gasteiger partial charge >= 0.3 is 7.75 Å². The van der Waals surface area contributed by atoms with E-state index in [2.05, 4.69) is 0 Å². The second-order valence-electron chi connectivity index (χ2n) is 5.01. The summed E-state index contributed by atoms with van der Waals surface area (Å²) in [6, 6.07) is 9.50. The second-order valence-corrected chi connectivity index (χ2v) is 10.3. The van der Waals surface area contributed by atoms with E-state index in [4.69, 9.17) is 18.3 Å². The molecule has 1 aromatic carbocycles. The van der Waals surface area contributed by atoms with Gasteiger partial charge in [-0.2, -0.15) is 0 Å². The Balaban J connectivity index is 3.51. The Morgan fingerprint density at radius 3 is 1.83 bits per heavy atom. The van der Waals surface area contributed by atoms with Gasteiger partial charge in [-0.05, 0) is 47.0 Å². The number of nitrogens with zero attached hydrogens (tertiary/aromatic N) is 3. The largest absolute Gasteiger partial charge is 0.415 e. The van der Waals surface area contributed by atoms with Gasteiger partial charge in [0.1, 0.15) is 0 Å². The smallest absolute Gasteiger partial charge is 0.321 e. The van der Waals surface area contributed by atoms with Gasteiger partial charge in [0, 0.05) is 7.05 Å². The number of hydrogen-bond acceptors (Lipinski definition) is 5. The SMILES string of the molecule is CCOP(=O)(OCC)N(C)P(=Nc1ccccc1)(OCC)N(C)C. The summed E-state index contributed by atoms with van der Waals surface area (Å²) >= 11 is 0. The molecule has 0 saturated carbocycles. The lowest BCUT2D eigenvalue weighted by molar-refractivity contribution is 0.189. The molecule has 0 amide bonds. The molecule has 138 valence electrons. The van der Waals surface area contributed by atoms with E-state index < -0.39 is 15.3 Å². The van der Waals surface area contributed by atoms with Crippen LogP contribution in [-0.4, -0.2) is 50.1 Å². The molecule has 0 fully saturated rings. The van der Waals surface area contributed by atoms with Crippen LogP contribution in [0.25, 0.3) is 0 Å². The fourth-order valence-electron chi connectivity index (χ4n) is 2.13. The lowest BCUT2D eigenvalue weighted by atomic mass is 10.3. The number of rotatable bonds is 10. The van der Waals surface area contributed by atoms with Crippen LogP contribution in [0.5, 0.6) is 0 Å². The first-order valence-electron chi connectivity index (χ1n) is 7.99. The molecule has 0 aliphatic heterocycles. The van der Waals surface area contributed by atoms with Gasteiger partial charge in [-0.25, -0.2) is 14.0 Å². The van der Waals surface area contributed by atoms with Crippen LogP contribution in [0, 0.1) is 0 Å². The van der Waals surface area contributed by atoms with Crippen molar-refractivity contribution in [3.05, 3.63) is 30.3 Å². The van der Waals surface area contributed by atoms with E-state index in [0.29, 0.717) is 6.61 Å². The van der Waals surface area contributed by atoms with Gasteiger partial charge in [-0.3, -0.25) is 9.05 Å². The summed E-state index contributed by atoms with van der Waals surface area (Å²) in [6.45, 7) is 6.41. The highest BCUT2D eigenvalue weighted by Gasteiger charge is 2.43. The van der Waals surface area contributed by atoms with Crippen LogP contribution in [0.2, 0.25) is 0 Å². The standard InChI is InChI=1S/C15H29N3O4P2/c1-7-20-23(17(4)5,16-15-13-11-10-12-14-15)18(6)24(19,21-8-2)22-9-3/h10-14H,7-9H2,1-6H3. The fraction of sp³-hybridized carbons (Fsp3) is 0.600. The summed E-state index contributed by atoms with van der Waals surface area (Å²) in [5.74, 6) is 0. The Morgan fingerprint density at radius 1 is 0.917 bits per heavy atom. The summed E-state index contributed by atoms with van der Waals surface area (Å²) < 4.78 is 38.5. The number of benzene rings is 1. The average Bonchev–Trinajstić information content (AvgIpc) is 2.55. The molecule has 24 heavy (non-hydrogen) atoms. The highest BCUT2D eigenvalue weighted by molar-refractivity contribution is 7.69. The quantitative estimate of drug-likeness (QED) is 0.536. The van der Waals surface area contributed by atoms with Crippen LogP contribution < -0.4 is 0 Å². The number of hydrogen-bond donors (Lipinski definition) is 0. The summed E-state index contributed by atoms with van der Waals surface area (Å²) in [5.41, 5.74) is 0.749. The van der Waals surface area contributed by atoms with Gasteiger partial charge < -0.3 is 4.52 Å². The van der Waals surface area contributed by atoms with E-state index in [0.717, 1.165) is 5.69 Å². The third kappa shape index (κ3) is 4.99. The molecule has 0 aromatic heterocycles. The van der Waals surface area contributed by atoms with Crippen molar-refractivity contribution < 1.29 is 18.1 Å². The summed E-state index contributed by atoms with van der Waals surface area (Å²) in [4.78, 5) is 0. The Hall–Kier alpha value is -0.520. The van der Waals surface area contributed by atoms with Gasteiger partial charge in [-0.1, -0.05) is 18.2 Å². The van der Waals surface area contributed by atoms with E-state index in [1.807, 2.05) is 56.0 Å². The fourth-order valence-corrected chi connectivity index (χ4v) is 7.46. The minimum Gasteiger partial charge on any atom is -0.321 e. The van der Waals surface area contributed by atoms with Crippen LogP contribution in [-0.2, 0) is 18.1 Å². The van der Waals surface area contributed by atoms with Gasteiger partial charge in [0.15, 0.2) is 0 Å². The molecular formula is C15H29N3O4P2. The van der Waals surface area contributed by atoms with Crippen molar-refractivity contribution in [3.8, 4) is 0 Å². The molecule has 0 aliphatic carbocycles. The Morgan fingerprint density at radius 2 is 1.42 bits per heavy atom. The third-order valence-corrected chi connectivity index (χ3v) is 9.27. The molecule has 9 heteroatoms. The van der Waals surface area contributed by atoms with Gasteiger partial charge in [0.2, 0.25) is 7.58 Å². The molecule has 0 heterocycles. The van der Waals surface area contributed by atoms with Crippen molar-refractivity contribution in [1.29, 1.82) is 0 Å². The van der Waals surface area contributed by atoms with Crippen molar-refractivity contribution >= 4 is 21.0 Å². The predicted molar refractivity (Wildman–Crippen MR) is 99.4 cm³/mol. The van der Waals surface area contributed by atoms with Crippen molar-refractivity contribution in [3.63, 3.8) is 0 Å². The van der Waals surface area contributed by atoms with E-state index in [1.54, 1.807) is 25.3 Å². The van der Waals surface area contributed by atoms with E-state index in [-0.39, 0.29) is 13.2 Å². The van der Waals surface area contributed by atoms with E-state index in [1.165, 1.54) is 0 Å². The molecule has 0 spiro atoms. The van der Waals surface area contributed by atoms with Gasteiger partial charge in [0.25, 0.3) is 0 Å². The van der Waals surface area contributed by atoms with Crippen molar-refractivity contribution in [2.75, 3.05) is 41.0 Å². The average molecular weight is 377 g/mol. The molecule has 0 bridgehead atoms. The lowest BCUT2D eigenvalue weighted by Crippen LogP contribution is -2.26. The maximum Gasteiger partial charge on any atom is 0.415 e. The molecule has 1 atom stereocenters. The normalized spacial score (nSPS) is 14.8. The minimum atomic E-state index is -3.53. The third-order valence-electron chi connectivity index (χ3n) is 3.14. The zero-order valence-corrected chi connectivity index (χ0v) is 17.2. The molecule has 0 aliphatic rings. The first-order chi connectivity index (χ1) is 11.4.